The number of benzene rings is 3. The first kappa shape index (κ1) is 19.1. The van der Waals surface area contributed by atoms with Gasteiger partial charge < -0.3 is 0 Å². The zero-order valence-electron chi connectivity index (χ0n) is 18.7. The van der Waals surface area contributed by atoms with Crippen LogP contribution in [0.2, 0.25) is 0 Å². The van der Waals surface area contributed by atoms with Gasteiger partial charge >= 0.3 is 0 Å². The fourth-order valence-corrected chi connectivity index (χ4v) is 5.72. The summed E-state index contributed by atoms with van der Waals surface area (Å²) in [6.45, 7) is 11.8. The molecule has 2 unspecified atom stereocenters. The normalized spacial score (nSPS) is 22.7. The quantitative estimate of drug-likeness (QED) is 0.341. The average Bonchev–Trinajstić information content (AvgIpc) is 3.12. The van der Waals surface area contributed by atoms with Crippen molar-refractivity contribution in [1.82, 2.24) is 4.57 Å². The Kier molecular flexibility index (Phi) is 4.18. The Labute approximate surface area is 179 Å². The van der Waals surface area contributed by atoms with Crippen LogP contribution in [-0.2, 0) is 11.0 Å². The van der Waals surface area contributed by atoms with Crippen LogP contribution in [0.15, 0.2) is 72.8 Å². The third-order valence-electron chi connectivity index (χ3n) is 7.89. The lowest BCUT2D eigenvalue weighted by atomic mass is 9.61. The lowest BCUT2D eigenvalue weighted by Crippen LogP contribution is -2.67. The van der Waals surface area contributed by atoms with Crippen molar-refractivity contribution < 1.29 is 4.57 Å². The van der Waals surface area contributed by atoms with Gasteiger partial charge in [0.15, 0.2) is 11.0 Å². The molecule has 3 aromatic carbocycles. The second kappa shape index (κ2) is 6.57. The Bertz CT molecular complexity index is 1250. The summed E-state index contributed by atoms with van der Waals surface area (Å²) in [5, 5.41) is 0. The standard InChI is InChI=1S/C28H31N2/c1-6-27(4)23-16-12-11-15-22(23)26-29(21-13-9-8-10-14-21)24-18-17-20(3)19-25(24)30(26)28(27,5)7-2/h8-19H,6-7H2,1-5H3/q+1. The van der Waals surface area contributed by atoms with Crippen LogP contribution in [0.1, 0.15) is 51.7 Å². The Hall–Kier alpha value is -2.87. The molecular formula is C28H31N2+. The van der Waals surface area contributed by atoms with Crippen molar-refractivity contribution in [2.24, 2.45) is 0 Å². The molecule has 0 spiro atoms. The first-order valence-electron chi connectivity index (χ1n) is 11.2. The smallest absolute Gasteiger partial charge is 0.216 e. The number of nitrogens with zero attached hydrogens (tertiary/aromatic N) is 2. The largest absolute Gasteiger partial charge is 0.295 e. The van der Waals surface area contributed by atoms with E-state index in [4.69, 9.17) is 0 Å². The predicted molar refractivity (Wildman–Crippen MR) is 125 cm³/mol. The van der Waals surface area contributed by atoms with E-state index in [9.17, 15) is 0 Å². The van der Waals surface area contributed by atoms with Crippen molar-refractivity contribution in [1.29, 1.82) is 0 Å². The van der Waals surface area contributed by atoms with Gasteiger partial charge in [-0.05, 0) is 68.1 Å². The van der Waals surface area contributed by atoms with Crippen LogP contribution >= 0.6 is 0 Å². The van der Waals surface area contributed by atoms with Crippen molar-refractivity contribution >= 4 is 11.0 Å². The van der Waals surface area contributed by atoms with Gasteiger partial charge in [-0.1, -0.05) is 63.2 Å². The minimum Gasteiger partial charge on any atom is -0.216 e. The highest BCUT2D eigenvalue weighted by atomic mass is 15.2. The van der Waals surface area contributed by atoms with E-state index in [2.05, 4.69) is 117 Å². The number of imidazole rings is 1. The maximum Gasteiger partial charge on any atom is 0.295 e. The zero-order valence-corrected chi connectivity index (χ0v) is 18.7. The number of para-hydroxylation sites is 1. The number of hydrogen-bond donors (Lipinski definition) is 0. The van der Waals surface area contributed by atoms with E-state index < -0.39 is 0 Å². The van der Waals surface area contributed by atoms with E-state index in [0.717, 1.165) is 12.8 Å². The molecule has 152 valence electrons. The number of aryl methyl sites for hydroxylation is 1. The van der Waals surface area contributed by atoms with Gasteiger partial charge in [0, 0.05) is 5.41 Å². The monoisotopic (exact) mass is 395 g/mol. The highest BCUT2D eigenvalue weighted by molar-refractivity contribution is 5.81. The average molecular weight is 396 g/mol. The molecular weight excluding hydrogens is 364 g/mol. The van der Waals surface area contributed by atoms with Gasteiger partial charge in [0.1, 0.15) is 11.2 Å². The van der Waals surface area contributed by atoms with E-state index in [0.29, 0.717) is 0 Å². The second-order valence-corrected chi connectivity index (χ2v) is 9.18. The van der Waals surface area contributed by atoms with E-state index in [1.54, 1.807) is 0 Å². The predicted octanol–water partition coefficient (Wildman–Crippen LogP) is 6.70. The fraction of sp³-hybridized carbons (Fsp3) is 0.321. The molecule has 0 saturated heterocycles. The molecule has 5 rings (SSSR count). The first-order valence-corrected chi connectivity index (χ1v) is 11.2. The first-order chi connectivity index (χ1) is 14.5. The van der Waals surface area contributed by atoms with Gasteiger partial charge in [0.25, 0.3) is 5.82 Å². The molecule has 0 saturated carbocycles. The van der Waals surface area contributed by atoms with Crippen LogP contribution in [0.4, 0.5) is 0 Å². The summed E-state index contributed by atoms with van der Waals surface area (Å²) >= 11 is 0. The minimum atomic E-state index is -0.0302. The summed E-state index contributed by atoms with van der Waals surface area (Å²) in [5.41, 5.74) is 7.96. The van der Waals surface area contributed by atoms with Crippen LogP contribution in [0.3, 0.4) is 0 Å². The summed E-state index contributed by atoms with van der Waals surface area (Å²) in [6, 6.07) is 26.8. The van der Waals surface area contributed by atoms with Crippen LogP contribution in [0.25, 0.3) is 28.1 Å². The van der Waals surface area contributed by atoms with Crippen molar-refractivity contribution in [2.45, 2.75) is 58.4 Å². The SMILES string of the molecule is CCC1(C)c2ccccc2-c2n(-c3ccccc3)c3ccc(C)cc3[n+]2C1(C)CC. The highest BCUT2D eigenvalue weighted by Crippen LogP contribution is 2.51. The van der Waals surface area contributed by atoms with Gasteiger partial charge in [0.2, 0.25) is 0 Å². The van der Waals surface area contributed by atoms with Crippen LogP contribution in [0, 0.1) is 6.92 Å². The number of rotatable bonds is 3. The maximum atomic E-state index is 2.66. The summed E-state index contributed by atoms with van der Waals surface area (Å²) in [7, 11) is 0. The second-order valence-electron chi connectivity index (χ2n) is 9.18. The molecule has 2 heteroatoms. The van der Waals surface area contributed by atoms with Gasteiger partial charge in [-0.15, -0.1) is 0 Å². The fourth-order valence-electron chi connectivity index (χ4n) is 5.72. The molecule has 1 aliphatic heterocycles. The van der Waals surface area contributed by atoms with Crippen molar-refractivity contribution in [2.75, 3.05) is 0 Å². The number of hydrogen-bond acceptors (Lipinski definition) is 0. The third-order valence-corrected chi connectivity index (χ3v) is 7.89. The van der Waals surface area contributed by atoms with Gasteiger partial charge in [-0.3, -0.25) is 0 Å². The zero-order chi connectivity index (χ0) is 21.1. The van der Waals surface area contributed by atoms with Crippen LogP contribution < -0.4 is 4.57 Å². The van der Waals surface area contributed by atoms with E-state index in [-0.39, 0.29) is 11.0 Å². The molecule has 30 heavy (non-hydrogen) atoms. The van der Waals surface area contributed by atoms with E-state index in [1.807, 2.05) is 0 Å². The molecule has 0 fully saturated rings. The molecule has 0 N–H and O–H groups in total. The molecule has 0 aliphatic carbocycles. The van der Waals surface area contributed by atoms with Crippen molar-refractivity contribution in [3.05, 3.63) is 83.9 Å². The third kappa shape index (κ3) is 2.28. The molecule has 1 aliphatic rings. The highest BCUT2D eigenvalue weighted by Gasteiger charge is 2.56. The molecule has 4 aromatic rings. The van der Waals surface area contributed by atoms with Crippen LogP contribution in [-0.4, -0.2) is 4.57 Å². The molecule has 2 heterocycles. The molecule has 0 radical (unpaired) electrons. The lowest BCUT2D eigenvalue weighted by Gasteiger charge is -2.47. The van der Waals surface area contributed by atoms with Gasteiger partial charge in [0.05, 0.1) is 5.56 Å². The molecule has 2 atom stereocenters. The molecule has 1 aromatic heterocycles. The maximum absolute atomic E-state index is 2.66. The Morgan fingerprint density at radius 3 is 2.23 bits per heavy atom. The number of fused-ring (bicyclic) bond motifs is 5. The Morgan fingerprint density at radius 1 is 0.833 bits per heavy atom. The summed E-state index contributed by atoms with van der Waals surface area (Å²) in [4.78, 5) is 0. The van der Waals surface area contributed by atoms with Gasteiger partial charge in [-0.25, -0.2) is 4.57 Å². The molecule has 0 bridgehead atoms. The summed E-state index contributed by atoms with van der Waals surface area (Å²) in [5.74, 6) is 1.30. The van der Waals surface area contributed by atoms with Crippen molar-refractivity contribution in [3.63, 3.8) is 0 Å². The molecule has 0 amide bonds. The topological polar surface area (TPSA) is 8.81 Å². The summed E-state index contributed by atoms with van der Waals surface area (Å²) in [6.07, 6.45) is 2.18. The van der Waals surface area contributed by atoms with Crippen LogP contribution in [0.5, 0.6) is 0 Å². The Morgan fingerprint density at radius 2 is 1.53 bits per heavy atom. The molecule has 2 nitrogen and oxygen atoms in total. The minimum absolute atomic E-state index is 0.0302. The Balaban J connectivity index is 2.04. The number of aromatic nitrogens is 2. The van der Waals surface area contributed by atoms with Gasteiger partial charge in [-0.2, -0.15) is 4.57 Å². The van der Waals surface area contributed by atoms with E-state index in [1.165, 1.54) is 39.2 Å². The van der Waals surface area contributed by atoms with Crippen molar-refractivity contribution in [3.8, 4) is 17.1 Å². The lowest BCUT2D eigenvalue weighted by molar-refractivity contribution is -0.743. The summed E-state index contributed by atoms with van der Waals surface area (Å²) < 4.78 is 5.13. The van der Waals surface area contributed by atoms with E-state index >= 15 is 0 Å².